The Kier molecular flexibility index (Phi) is 6.48. The number of rotatable bonds is 4. The summed E-state index contributed by atoms with van der Waals surface area (Å²) in [5.41, 5.74) is -0.262. The molecule has 1 aromatic carbocycles. The Bertz CT molecular complexity index is 716. The Morgan fingerprint density at radius 3 is 2.56 bits per heavy atom. The molecular formula is C17H27ClN3O3S+. The van der Waals surface area contributed by atoms with Crippen LogP contribution in [0.2, 0.25) is 5.02 Å². The van der Waals surface area contributed by atoms with Crippen molar-refractivity contribution in [2.45, 2.75) is 37.6 Å². The van der Waals surface area contributed by atoms with Crippen LogP contribution in [0.5, 0.6) is 0 Å². The molecule has 1 aromatic rings. The highest BCUT2D eigenvalue weighted by Crippen LogP contribution is 2.24. The van der Waals surface area contributed by atoms with Gasteiger partial charge in [0.25, 0.3) is 5.91 Å². The van der Waals surface area contributed by atoms with E-state index in [1.807, 2.05) is 20.8 Å². The van der Waals surface area contributed by atoms with Crippen molar-refractivity contribution < 1.29 is 18.1 Å². The molecule has 0 radical (unpaired) electrons. The number of carbonyl (C=O) groups is 1. The highest BCUT2D eigenvalue weighted by molar-refractivity contribution is 7.89. The van der Waals surface area contributed by atoms with Gasteiger partial charge in [0, 0.05) is 18.5 Å². The van der Waals surface area contributed by atoms with Crippen molar-refractivity contribution in [3.8, 4) is 0 Å². The molecule has 1 atom stereocenters. The third kappa shape index (κ3) is 5.67. The van der Waals surface area contributed by atoms with Crippen LogP contribution in [-0.4, -0.2) is 56.9 Å². The first-order chi connectivity index (χ1) is 11.6. The second kappa shape index (κ2) is 8.03. The van der Waals surface area contributed by atoms with E-state index in [2.05, 4.69) is 5.32 Å². The van der Waals surface area contributed by atoms with E-state index in [0.29, 0.717) is 32.6 Å². The maximum atomic E-state index is 12.8. The number of amides is 1. The fourth-order valence-corrected chi connectivity index (χ4v) is 4.90. The van der Waals surface area contributed by atoms with Gasteiger partial charge in [-0.1, -0.05) is 23.7 Å². The molecule has 140 valence electrons. The fourth-order valence-electron chi connectivity index (χ4n) is 2.92. The molecule has 0 aliphatic carbocycles. The maximum Gasteiger partial charge on any atom is 0.275 e. The lowest BCUT2D eigenvalue weighted by molar-refractivity contribution is -0.889. The third-order valence-corrected chi connectivity index (χ3v) is 6.43. The molecular weight excluding hydrogens is 362 g/mol. The lowest BCUT2D eigenvalue weighted by Crippen LogP contribution is -3.13. The van der Waals surface area contributed by atoms with Gasteiger partial charge >= 0.3 is 0 Å². The number of hydrogen-bond donors (Lipinski definition) is 2. The van der Waals surface area contributed by atoms with Crippen molar-refractivity contribution in [3.63, 3.8) is 0 Å². The van der Waals surface area contributed by atoms with Gasteiger partial charge in [-0.05, 0) is 32.9 Å². The Hall–Kier alpha value is -1.15. The molecule has 2 N–H and O–H groups in total. The summed E-state index contributed by atoms with van der Waals surface area (Å²) in [6, 6.07) is 6.50. The molecule has 1 saturated heterocycles. The summed E-state index contributed by atoms with van der Waals surface area (Å²) >= 11 is 6.06. The van der Waals surface area contributed by atoms with Gasteiger partial charge in [-0.3, -0.25) is 4.79 Å². The second-order valence-electron chi connectivity index (χ2n) is 7.41. The van der Waals surface area contributed by atoms with E-state index in [4.69, 9.17) is 11.6 Å². The zero-order chi connectivity index (χ0) is 18.7. The first-order valence-electron chi connectivity index (χ1n) is 8.49. The number of nitrogens with one attached hydrogen (secondary N) is 2. The topological polar surface area (TPSA) is 70.9 Å². The molecule has 6 nitrogen and oxygen atoms in total. The highest BCUT2D eigenvalue weighted by Gasteiger charge is 2.30. The standard InChI is InChI=1S/C17H26ClN3O3S/c1-17(2,3)19-16(22)13-20-9-6-10-21(12-11-20)25(23,24)15-8-5-4-7-14(15)18/h4-5,7-8H,6,9-13H2,1-3H3,(H,19,22)/p+1. The smallest absolute Gasteiger partial charge is 0.275 e. The molecule has 0 spiro atoms. The van der Waals surface area contributed by atoms with Gasteiger partial charge in [0.2, 0.25) is 10.0 Å². The van der Waals surface area contributed by atoms with Crippen LogP contribution in [0.25, 0.3) is 0 Å². The van der Waals surface area contributed by atoms with Crippen LogP contribution in [0.4, 0.5) is 0 Å². The Morgan fingerprint density at radius 1 is 1.24 bits per heavy atom. The molecule has 0 saturated carbocycles. The summed E-state index contributed by atoms with van der Waals surface area (Å²) in [5.74, 6) is -0.00934. The minimum atomic E-state index is -3.61. The van der Waals surface area contributed by atoms with Gasteiger partial charge in [-0.2, -0.15) is 4.31 Å². The van der Waals surface area contributed by atoms with Crippen LogP contribution >= 0.6 is 11.6 Å². The first kappa shape index (κ1) is 20.2. The normalized spacial score (nSPS) is 20.1. The lowest BCUT2D eigenvalue weighted by Gasteiger charge is -2.23. The quantitative estimate of drug-likeness (QED) is 0.790. The zero-order valence-corrected chi connectivity index (χ0v) is 16.6. The molecule has 1 aliphatic heterocycles. The van der Waals surface area contributed by atoms with Gasteiger partial charge in [0.15, 0.2) is 6.54 Å². The van der Waals surface area contributed by atoms with Crippen LogP contribution in [0, 0.1) is 0 Å². The van der Waals surface area contributed by atoms with Gasteiger partial charge in [0.1, 0.15) is 4.90 Å². The minimum absolute atomic E-state index is 0.00934. The van der Waals surface area contributed by atoms with E-state index < -0.39 is 10.0 Å². The number of sulfonamides is 1. The van der Waals surface area contributed by atoms with Gasteiger partial charge in [-0.25, -0.2) is 8.42 Å². The van der Waals surface area contributed by atoms with Crippen LogP contribution in [0.1, 0.15) is 27.2 Å². The van der Waals surface area contributed by atoms with Crippen LogP contribution in [0.15, 0.2) is 29.2 Å². The monoisotopic (exact) mass is 388 g/mol. The second-order valence-corrected chi connectivity index (χ2v) is 9.73. The van der Waals surface area contributed by atoms with Crippen LogP contribution in [-0.2, 0) is 14.8 Å². The molecule has 1 unspecified atom stereocenters. The number of nitrogens with zero attached hydrogens (tertiary/aromatic N) is 1. The molecule has 8 heteroatoms. The van der Waals surface area contributed by atoms with Crippen molar-refractivity contribution in [1.82, 2.24) is 9.62 Å². The first-order valence-corrected chi connectivity index (χ1v) is 10.3. The average molecular weight is 389 g/mol. The Morgan fingerprint density at radius 2 is 1.92 bits per heavy atom. The van der Waals surface area contributed by atoms with Gasteiger partial charge in [0.05, 0.1) is 24.7 Å². The van der Waals surface area contributed by atoms with Crippen LogP contribution < -0.4 is 10.2 Å². The minimum Gasteiger partial charge on any atom is -0.347 e. The molecule has 1 fully saturated rings. The zero-order valence-electron chi connectivity index (χ0n) is 15.0. The van der Waals surface area contributed by atoms with E-state index in [1.54, 1.807) is 18.2 Å². The van der Waals surface area contributed by atoms with E-state index in [0.717, 1.165) is 11.4 Å². The van der Waals surface area contributed by atoms with Crippen LogP contribution in [0.3, 0.4) is 0 Å². The SMILES string of the molecule is CC(C)(C)NC(=O)C[NH+]1CCCN(S(=O)(=O)c2ccccc2Cl)CC1. The molecule has 2 rings (SSSR count). The molecule has 0 aromatic heterocycles. The predicted octanol–water partition coefficient (Wildman–Crippen LogP) is 0.534. The van der Waals surface area contributed by atoms with Crippen molar-refractivity contribution >= 4 is 27.5 Å². The number of benzene rings is 1. The Labute approximate surface area is 155 Å². The number of hydrogen-bond acceptors (Lipinski definition) is 3. The van der Waals surface area contributed by atoms with Crippen molar-refractivity contribution in [3.05, 3.63) is 29.3 Å². The fraction of sp³-hybridized carbons (Fsp3) is 0.588. The summed E-state index contributed by atoms with van der Waals surface area (Å²) < 4.78 is 27.1. The number of carbonyl (C=O) groups excluding carboxylic acids is 1. The molecule has 0 bridgehead atoms. The average Bonchev–Trinajstić information content (AvgIpc) is 2.71. The van der Waals surface area contributed by atoms with Gasteiger partial charge < -0.3 is 10.2 Å². The maximum absolute atomic E-state index is 12.8. The predicted molar refractivity (Wildman–Crippen MR) is 98.3 cm³/mol. The molecule has 1 heterocycles. The van der Waals surface area contributed by atoms with E-state index >= 15 is 0 Å². The van der Waals surface area contributed by atoms with Crippen molar-refractivity contribution in [2.75, 3.05) is 32.7 Å². The van der Waals surface area contributed by atoms with Crippen molar-refractivity contribution in [1.29, 1.82) is 0 Å². The molecule has 1 aliphatic rings. The molecule has 25 heavy (non-hydrogen) atoms. The van der Waals surface area contributed by atoms with Gasteiger partial charge in [-0.15, -0.1) is 0 Å². The third-order valence-electron chi connectivity index (χ3n) is 4.03. The summed E-state index contributed by atoms with van der Waals surface area (Å²) in [5, 5.41) is 3.19. The summed E-state index contributed by atoms with van der Waals surface area (Å²) in [6.45, 7) is 8.38. The Balaban J connectivity index is 2.02. The number of quaternary nitrogens is 1. The van der Waals surface area contributed by atoms with E-state index in [1.165, 1.54) is 10.4 Å². The molecule has 1 amide bonds. The summed E-state index contributed by atoms with van der Waals surface area (Å²) in [7, 11) is -3.61. The van der Waals surface area contributed by atoms with E-state index in [-0.39, 0.29) is 21.4 Å². The summed E-state index contributed by atoms with van der Waals surface area (Å²) in [6.07, 6.45) is 0.710. The highest BCUT2D eigenvalue weighted by atomic mass is 35.5. The number of halogens is 1. The summed E-state index contributed by atoms with van der Waals surface area (Å²) in [4.78, 5) is 13.3. The van der Waals surface area contributed by atoms with E-state index in [9.17, 15) is 13.2 Å². The largest absolute Gasteiger partial charge is 0.347 e. The lowest BCUT2D eigenvalue weighted by atomic mass is 10.1. The van der Waals surface area contributed by atoms with Crippen molar-refractivity contribution in [2.24, 2.45) is 0 Å².